The molecule has 18 heavy (non-hydrogen) atoms. The fourth-order valence-electron chi connectivity index (χ4n) is 2.96. The van der Waals surface area contributed by atoms with Gasteiger partial charge in [0.2, 0.25) is 0 Å². The van der Waals surface area contributed by atoms with Crippen LogP contribution in [0.5, 0.6) is 0 Å². The first kappa shape index (κ1) is 13.8. The Bertz CT molecular complexity index is 279. The minimum Gasteiger partial charge on any atom is -0.387 e. The highest BCUT2D eigenvalue weighted by molar-refractivity contribution is 5.82. The maximum Gasteiger partial charge on any atom is 0.102 e. The maximum absolute atomic E-state index is 6.13. The van der Waals surface area contributed by atoms with E-state index in [4.69, 9.17) is 10.5 Å². The van der Waals surface area contributed by atoms with Crippen molar-refractivity contribution in [1.29, 1.82) is 0 Å². The Hall–Kier alpha value is -0.610. The first-order valence-corrected chi connectivity index (χ1v) is 7.41. The van der Waals surface area contributed by atoms with Gasteiger partial charge in [-0.3, -0.25) is 4.99 Å². The molecule has 0 spiro atoms. The van der Waals surface area contributed by atoms with Gasteiger partial charge < -0.3 is 15.0 Å². The lowest BCUT2D eigenvalue weighted by Gasteiger charge is -2.37. The van der Waals surface area contributed by atoms with Crippen molar-refractivity contribution in [2.75, 3.05) is 46.4 Å². The average Bonchev–Trinajstić information content (AvgIpc) is 2.40. The molecular formula is C14H28N3O+. The summed E-state index contributed by atoms with van der Waals surface area (Å²) >= 11 is 0. The van der Waals surface area contributed by atoms with Crippen molar-refractivity contribution >= 4 is 5.84 Å². The predicted octanol–water partition coefficient (Wildman–Crippen LogP) is 1.40. The number of morpholine rings is 1. The smallest absolute Gasteiger partial charge is 0.102 e. The molecule has 4 nitrogen and oxygen atoms in total. The van der Waals surface area contributed by atoms with Crippen molar-refractivity contribution in [1.82, 2.24) is 0 Å². The van der Waals surface area contributed by atoms with Crippen molar-refractivity contribution in [2.24, 2.45) is 16.6 Å². The average molecular weight is 254 g/mol. The van der Waals surface area contributed by atoms with E-state index in [0.717, 1.165) is 49.7 Å². The highest BCUT2D eigenvalue weighted by Gasteiger charge is 2.24. The van der Waals surface area contributed by atoms with Crippen LogP contribution in [0.4, 0.5) is 0 Å². The molecule has 0 bridgehead atoms. The predicted molar refractivity (Wildman–Crippen MR) is 74.7 cm³/mol. The third-order valence-electron chi connectivity index (χ3n) is 4.51. The molecule has 1 aliphatic heterocycles. The number of quaternary nitrogens is 1. The molecule has 0 radical (unpaired) electrons. The molecule has 0 unspecified atom stereocenters. The van der Waals surface area contributed by atoms with Gasteiger partial charge in [-0.2, -0.15) is 0 Å². The summed E-state index contributed by atoms with van der Waals surface area (Å²) in [5.41, 5.74) is 6.13. The van der Waals surface area contributed by atoms with E-state index < -0.39 is 0 Å². The van der Waals surface area contributed by atoms with Crippen LogP contribution in [0.25, 0.3) is 0 Å². The van der Waals surface area contributed by atoms with E-state index >= 15 is 0 Å². The van der Waals surface area contributed by atoms with Crippen LogP contribution in [0.15, 0.2) is 4.99 Å². The van der Waals surface area contributed by atoms with Gasteiger partial charge in [-0.1, -0.05) is 19.3 Å². The molecule has 0 amide bonds. The van der Waals surface area contributed by atoms with Crippen LogP contribution in [0.3, 0.4) is 0 Å². The van der Waals surface area contributed by atoms with E-state index in [2.05, 4.69) is 12.0 Å². The molecule has 0 aromatic carbocycles. The van der Waals surface area contributed by atoms with Crippen LogP contribution in [-0.4, -0.2) is 56.8 Å². The van der Waals surface area contributed by atoms with E-state index in [1.54, 1.807) is 0 Å². The maximum atomic E-state index is 6.13. The molecule has 2 aliphatic rings. The molecule has 0 aromatic heterocycles. The van der Waals surface area contributed by atoms with Gasteiger partial charge in [-0.05, 0) is 12.8 Å². The SMILES string of the molecule is C[N+]1(CCN=C(N)C2CCCCC2)CCOCC1. The highest BCUT2D eigenvalue weighted by Crippen LogP contribution is 2.23. The highest BCUT2D eigenvalue weighted by atomic mass is 16.5. The lowest BCUT2D eigenvalue weighted by molar-refractivity contribution is -0.915. The monoisotopic (exact) mass is 254 g/mol. The van der Waals surface area contributed by atoms with Crippen LogP contribution < -0.4 is 5.73 Å². The number of nitrogens with zero attached hydrogens (tertiary/aromatic N) is 2. The van der Waals surface area contributed by atoms with Crippen molar-refractivity contribution in [3.05, 3.63) is 0 Å². The fraction of sp³-hybridized carbons (Fsp3) is 0.929. The molecule has 1 saturated heterocycles. The Kier molecular flexibility index (Phi) is 5.01. The largest absolute Gasteiger partial charge is 0.387 e. The second-order valence-electron chi connectivity index (χ2n) is 6.04. The molecule has 2 fully saturated rings. The lowest BCUT2D eigenvalue weighted by atomic mass is 9.88. The molecule has 2 rings (SSSR count). The topological polar surface area (TPSA) is 47.6 Å². The fourth-order valence-corrected chi connectivity index (χ4v) is 2.96. The normalized spacial score (nSPS) is 26.2. The lowest BCUT2D eigenvalue weighted by Crippen LogP contribution is -2.53. The van der Waals surface area contributed by atoms with Gasteiger partial charge in [0.15, 0.2) is 0 Å². The Morgan fingerprint density at radius 3 is 2.56 bits per heavy atom. The zero-order valence-electron chi connectivity index (χ0n) is 11.7. The number of hydrogen-bond donors (Lipinski definition) is 1. The van der Waals surface area contributed by atoms with E-state index in [0.29, 0.717) is 5.92 Å². The number of likely N-dealkylation sites (N-methyl/N-ethyl adjacent to an activating group) is 1. The van der Waals surface area contributed by atoms with E-state index in [9.17, 15) is 0 Å². The third kappa shape index (κ3) is 3.95. The summed E-state index contributed by atoms with van der Waals surface area (Å²) in [6, 6.07) is 0. The van der Waals surface area contributed by atoms with Crippen molar-refractivity contribution in [3.8, 4) is 0 Å². The molecule has 0 atom stereocenters. The van der Waals surface area contributed by atoms with E-state index in [1.807, 2.05) is 0 Å². The summed E-state index contributed by atoms with van der Waals surface area (Å²) in [6.45, 7) is 5.96. The molecule has 1 heterocycles. The molecule has 0 aromatic rings. The Labute approximate surface area is 111 Å². The molecule has 1 aliphatic carbocycles. The van der Waals surface area contributed by atoms with Crippen LogP contribution in [0.2, 0.25) is 0 Å². The Morgan fingerprint density at radius 2 is 1.89 bits per heavy atom. The van der Waals surface area contributed by atoms with Crippen molar-refractivity contribution < 1.29 is 9.22 Å². The second kappa shape index (κ2) is 6.53. The van der Waals surface area contributed by atoms with Gasteiger partial charge >= 0.3 is 0 Å². The Balaban J connectivity index is 1.75. The number of rotatable bonds is 4. The van der Waals surface area contributed by atoms with Gasteiger partial charge in [0.05, 0.1) is 39.2 Å². The minimum atomic E-state index is 0.564. The minimum absolute atomic E-state index is 0.564. The van der Waals surface area contributed by atoms with E-state index in [1.165, 1.54) is 32.1 Å². The number of nitrogens with two attached hydrogens (primary N) is 1. The van der Waals surface area contributed by atoms with Crippen LogP contribution in [0, 0.1) is 5.92 Å². The van der Waals surface area contributed by atoms with Crippen LogP contribution in [-0.2, 0) is 4.74 Å². The summed E-state index contributed by atoms with van der Waals surface area (Å²) in [5.74, 6) is 1.48. The quantitative estimate of drug-likeness (QED) is 0.468. The number of ether oxygens (including phenoxy) is 1. The van der Waals surface area contributed by atoms with Gasteiger partial charge in [0.1, 0.15) is 13.1 Å². The zero-order valence-corrected chi connectivity index (χ0v) is 11.7. The summed E-state index contributed by atoms with van der Waals surface area (Å²) in [6.07, 6.45) is 6.52. The number of aliphatic imine (C=N–C) groups is 1. The summed E-state index contributed by atoms with van der Waals surface area (Å²) in [5, 5.41) is 0. The van der Waals surface area contributed by atoms with Crippen LogP contribution >= 0.6 is 0 Å². The zero-order chi connectivity index (χ0) is 12.8. The summed E-state index contributed by atoms with van der Waals surface area (Å²) in [7, 11) is 2.30. The van der Waals surface area contributed by atoms with Gasteiger partial charge in [0, 0.05) is 5.92 Å². The van der Waals surface area contributed by atoms with E-state index in [-0.39, 0.29) is 0 Å². The van der Waals surface area contributed by atoms with Crippen molar-refractivity contribution in [3.63, 3.8) is 0 Å². The van der Waals surface area contributed by atoms with Crippen molar-refractivity contribution in [2.45, 2.75) is 32.1 Å². The third-order valence-corrected chi connectivity index (χ3v) is 4.51. The number of hydrogen-bond acceptors (Lipinski definition) is 2. The summed E-state index contributed by atoms with van der Waals surface area (Å²) in [4.78, 5) is 4.63. The molecule has 1 saturated carbocycles. The standard InChI is InChI=1S/C14H28N3O/c1-17(9-11-18-12-10-17)8-7-16-14(15)13-5-3-2-4-6-13/h13H,2-12H2,1H3,(H2,15,16)/q+1. The first-order valence-electron chi connectivity index (χ1n) is 7.41. The first-order chi connectivity index (χ1) is 8.70. The van der Waals surface area contributed by atoms with Gasteiger partial charge in [-0.25, -0.2) is 0 Å². The molecule has 104 valence electrons. The molecule has 4 heteroatoms. The van der Waals surface area contributed by atoms with Crippen LogP contribution in [0.1, 0.15) is 32.1 Å². The molecule has 2 N–H and O–H groups in total. The van der Waals surface area contributed by atoms with Gasteiger partial charge in [-0.15, -0.1) is 0 Å². The number of amidine groups is 1. The molecular weight excluding hydrogens is 226 g/mol. The second-order valence-corrected chi connectivity index (χ2v) is 6.04. The summed E-state index contributed by atoms with van der Waals surface area (Å²) < 4.78 is 6.50. The van der Waals surface area contributed by atoms with Gasteiger partial charge in [0.25, 0.3) is 0 Å². The Morgan fingerprint density at radius 1 is 1.22 bits per heavy atom.